The van der Waals surface area contributed by atoms with Crippen LogP contribution in [-0.2, 0) is 0 Å². The van der Waals surface area contributed by atoms with Gasteiger partial charge >= 0.3 is 0 Å². The molecule has 1 fully saturated rings. The van der Waals surface area contributed by atoms with Crippen molar-refractivity contribution in [3.8, 4) is 0 Å². The van der Waals surface area contributed by atoms with Crippen LogP contribution in [-0.4, -0.2) is 17.2 Å². The zero-order chi connectivity index (χ0) is 13.3. The van der Waals surface area contributed by atoms with Gasteiger partial charge in [0.05, 0.1) is 16.8 Å². The highest BCUT2D eigenvalue weighted by Crippen LogP contribution is 2.37. The van der Waals surface area contributed by atoms with Gasteiger partial charge in [-0.05, 0) is 50.8 Å². The van der Waals surface area contributed by atoms with Gasteiger partial charge < -0.3 is 10.0 Å². The molecule has 1 saturated heterocycles. The Morgan fingerprint density at radius 3 is 2.72 bits per heavy atom. The fourth-order valence-electron chi connectivity index (χ4n) is 2.90. The van der Waals surface area contributed by atoms with Crippen LogP contribution in [0.25, 0.3) is 0 Å². The molecular formula is C15H22ClNO. The van der Waals surface area contributed by atoms with E-state index in [0.29, 0.717) is 12.1 Å². The molecular weight excluding hydrogens is 246 g/mol. The van der Waals surface area contributed by atoms with Gasteiger partial charge in [0.15, 0.2) is 0 Å². The first kappa shape index (κ1) is 13.7. The lowest BCUT2D eigenvalue weighted by Gasteiger charge is -2.31. The van der Waals surface area contributed by atoms with Crippen LogP contribution in [0.5, 0.6) is 0 Å². The largest absolute Gasteiger partial charge is 0.389 e. The monoisotopic (exact) mass is 267 g/mol. The molecule has 3 atom stereocenters. The van der Waals surface area contributed by atoms with Crippen LogP contribution in [0.3, 0.4) is 0 Å². The predicted octanol–water partition coefficient (Wildman–Crippen LogP) is 4.16. The molecule has 1 aliphatic rings. The minimum atomic E-state index is -0.463. The maximum atomic E-state index is 9.58. The third kappa shape index (κ3) is 2.50. The van der Waals surface area contributed by atoms with Crippen molar-refractivity contribution in [3.63, 3.8) is 0 Å². The molecule has 0 aromatic heterocycles. The molecule has 3 heteroatoms. The number of aliphatic hydroxyl groups is 1. The van der Waals surface area contributed by atoms with E-state index in [4.69, 9.17) is 11.6 Å². The summed E-state index contributed by atoms with van der Waals surface area (Å²) in [5, 5.41) is 10.3. The van der Waals surface area contributed by atoms with Crippen molar-refractivity contribution in [2.45, 2.75) is 58.2 Å². The van der Waals surface area contributed by atoms with E-state index in [1.807, 2.05) is 12.1 Å². The highest BCUT2D eigenvalue weighted by molar-refractivity contribution is 6.33. The van der Waals surface area contributed by atoms with Crippen molar-refractivity contribution in [1.82, 2.24) is 0 Å². The molecule has 18 heavy (non-hydrogen) atoms. The Balaban J connectivity index is 2.33. The summed E-state index contributed by atoms with van der Waals surface area (Å²) in [7, 11) is 0. The molecule has 1 heterocycles. The Bertz CT molecular complexity index is 419. The fraction of sp³-hybridized carbons (Fsp3) is 0.600. The van der Waals surface area contributed by atoms with Crippen molar-refractivity contribution < 1.29 is 5.11 Å². The quantitative estimate of drug-likeness (QED) is 0.889. The zero-order valence-electron chi connectivity index (χ0n) is 11.4. The second-order valence-electron chi connectivity index (χ2n) is 5.28. The van der Waals surface area contributed by atoms with Crippen molar-refractivity contribution >= 4 is 17.3 Å². The highest BCUT2D eigenvalue weighted by atomic mass is 35.5. The molecule has 1 aliphatic heterocycles. The number of aliphatic hydroxyl groups excluding tert-OH is 1. The van der Waals surface area contributed by atoms with Crippen LogP contribution >= 0.6 is 11.6 Å². The van der Waals surface area contributed by atoms with E-state index in [0.717, 1.165) is 22.7 Å². The smallest absolute Gasteiger partial charge is 0.0762 e. The van der Waals surface area contributed by atoms with E-state index in [1.165, 1.54) is 12.8 Å². The molecule has 1 aromatic carbocycles. The van der Waals surface area contributed by atoms with E-state index < -0.39 is 6.10 Å². The normalized spacial score (nSPS) is 25.5. The third-order valence-electron chi connectivity index (χ3n) is 3.99. The fourth-order valence-corrected chi connectivity index (χ4v) is 3.19. The summed E-state index contributed by atoms with van der Waals surface area (Å²) in [5.74, 6) is 0. The lowest BCUT2D eigenvalue weighted by atomic mass is 10.1. The highest BCUT2D eigenvalue weighted by Gasteiger charge is 2.30. The Morgan fingerprint density at radius 1 is 1.44 bits per heavy atom. The molecule has 1 N–H and O–H groups in total. The van der Waals surface area contributed by atoms with Crippen LogP contribution in [0.4, 0.5) is 5.69 Å². The molecule has 1 aromatic rings. The minimum Gasteiger partial charge on any atom is -0.389 e. The zero-order valence-corrected chi connectivity index (χ0v) is 12.1. The first-order valence-corrected chi connectivity index (χ1v) is 7.18. The predicted molar refractivity (Wildman–Crippen MR) is 77.3 cm³/mol. The van der Waals surface area contributed by atoms with Gasteiger partial charge in [-0.25, -0.2) is 0 Å². The molecule has 100 valence electrons. The number of rotatable bonds is 3. The molecule has 0 bridgehead atoms. The third-order valence-corrected chi connectivity index (χ3v) is 4.29. The number of nitrogens with zero attached hydrogens (tertiary/aromatic N) is 1. The average Bonchev–Trinajstić information content (AvgIpc) is 2.70. The topological polar surface area (TPSA) is 23.5 Å². The molecule has 0 spiro atoms. The SMILES string of the molecule is CCC1CCC(C)N1c1ccc(C(C)O)cc1Cl. The summed E-state index contributed by atoms with van der Waals surface area (Å²) in [6.07, 6.45) is 3.16. The van der Waals surface area contributed by atoms with Gasteiger partial charge in [-0.15, -0.1) is 0 Å². The number of halogens is 1. The summed E-state index contributed by atoms with van der Waals surface area (Å²) >= 11 is 6.39. The van der Waals surface area contributed by atoms with Gasteiger partial charge in [-0.3, -0.25) is 0 Å². The Kier molecular flexibility index (Phi) is 4.18. The standard InChI is InChI=1S/C15H22ClNO/c1-4-13-7-5-10(2)17(13)15-8-6-12(11(3)18)9-14(15)16/h6,8-11,13,18H,4-5,7H2,1-3H3. The van der Waals surface area contributed by atoms with E-state index in [9.17, 15) is 5.11 Å². The van der Waals surface area contributed by atoms with Crippen molar-refractivity contribution in [3.05, 3.63) is 28.8 Å². The lowest BCUT2D eigenvalue weighted by molar-refractivity contribution is 0.199. The van der Waals surface area contributed by atoms with Crippen molar-refractivity contribution in [2.24, 2.45) is 0 Å². The molecule has 0 saturated carbocycles. The average molecular weight is 268 g/mol. The Labute approximate surface area is 115 Å². The lowest BCUT2D eigenvalue weighted by Crippen LogP contribution is -2.34. The van der Waals surface area contributed by atoms with E-state index in [-0.39, 0.29) is 0 Å². The number of hydrogen-bond donors (Lipinski definition) is 1. The van der Waals surface area contributed by atoms with Crippen LogP contribution in [0.2, 0.25) is 5.02 Å². The van der Waals surface area contributed by atoms with Gasteiger partial charge in [0, 0.05) is 12.1 Å². The summed E-state index contributed by atoms with van der Waals surface area (Å²) in [4.78, 5) is 2.44. The van der Waals surface area contributed by atoms with E-state index in [1.54, 1.807) is 6.92 Å². The number of anilines is 1. The van der Waals surface area contributed by atoms with Gasteiger partial charge in [-0.1, -0.05) is 24.6 Å². The summed E-state index contributed by atoms with van der Waals surface area (Å²) < 4.78 is 0. The Morgan fingerprint density at radius 2 is 2.17 bits per heavy atom. The molecule has 0 radical (unpaired) electrons. The van der Waals surface area contributed by atoms with Gasteiger partial charge in [0.2, 0.25) is 0 Å². The van der Waals surface area contributed by atoms with Crippen LogP contribution in [0, 0.1) is 0 Å². The minimum absolute atomic E-state index is 0.463. The summed E-state index contributed by atoms with van der Waals surface area (Å²) in [6, 6.07) is 7.05. The molecule has 0 amide bonds. The first-order chi connectivity index (χ1) is 8.54. The Hall–Kier alpha value is -0.730. The van der Waals surface area contributed by atoms with Gasteiger partial charge in [-0.2, -0.15) is 0 Å². The maximum Gasteiger partial charge on any atom is 0.0762 e. The molecule has 2 rings (SSSR count). The maximum absolute atomic E-state index is 9.58. The van der Waals surface area contributed by atoms with Gasteiger partial charge in [0.25, 0.3) is 0 Å². The first-order valence-electron chi connectivity index (χ1n) is 6.80. The second-order valence-corrected chi connectivity index (χ2v) is 5.69. The molecule has 2 nitrogen and oxygen atoms in total. The van der Waals surface area contributed by atoms with Gasteiger partial charge in [0.1, 0.15) is 0 Å². The number of hydrogen-bond acceptors (Lipinski definition) is 2. The van der Waals surface area contributed by atoms with E-state index in [2.05, 4.69) is 24.8 Å². The van der Waals surface area contributed by atoms with E-state index >= 15 is 0 Å². The summed E-state index contributed by atoms with van der Waals surface area (Å²) in [5.41, 5.74) is 1.99. The van der Waals surface area contributed by atoms with Crippen LogP contribution in [0.15, 0.2) is 18.2 Å². The van der Waals surface area contributed by atoms with Crippen molar-refractivity contribution in [1.29, 1.82) is 0 Å². The molecule has 0 aliphatic carbocycles. The number of benzene rings is 1. The second kappa shape index (κ2) is 5.50. The van der Waals surface area contributed by atoms with Crippen LogP contribution in [0.1, 0.15) is 51.7 Å². The molecule has 3 unspecified atom stereocenters. The van der Waals surface area contributed by atoms with Crippen molar-refractivity contribution in [2.75, 3.05) is 4.90 Å². The summed E-state index contributed by atoms with van der Waals surface area (Å²) in [6.45, 7) is 6.25. The van der Waals surface area contributed by atoms with Crippen LogP contribution < -0.4 is 4.90 Å².